The van der Waals surface area contributed by atoms with Crippen molar-refractivity contribution >= 4 is 17.7 Å². The summed E-state index contributed by atoms with van der Waals surface area (Å²) in [4.78, 5) is 11.3. The van der Waals surface area contributed by atoms with Crippen LogP contribution in [0.15, 0.2) is 24.3 Å². The predicted molar refractivity (Wildman–Crippen MR) is 65.3 cm³/mol. The molecule has 4 heteroatoms. The fourth-order valence-corrected chi connectivity index (χ4v) is 2.91. The molecule has 1 N–H and O–H groups in total. The second-order valence-electron chi connectivity index (χ2n) is 3.87. The molecular weight excluding hydrogens is 222 g/mol. The molecule has 1 saturated heterocycles. The third-order valence-corrected chi connectivity index (χ3v) is 3.92. The van der Waals surface area contributed by atoms with Crippen molar-refractivity contribution in [3.63, 3.8) is 0 Å². The normalized spacial score (nSPS) is 24.4. The summed E-state index contributed by atoms with van der Waals surface area (Å²) in [5.74, 6) is 0.590. The van der Waals surface area contributed by atoms with Crippen molar-refractivity contribution in [1.82, 2.24) is 5.32 Å². The number of hydrogen-bond acceptors (Lipinski definition) is 4. The van der Waals surface area contributed by atoms with E-state index in [9.17, 15) is 4.79 Å². The molecule has 2 rings (SSSR count). The summed E-state index contributed by atoms with van der Waals surface area (Å²) in [6.07, 6.45) is 0. The lowest BCUT2D eigenvalue weighted by atomic mass is 10.1. The summed E-state index contributed by atoms with van der Waals surface area (Å²) in [5, 5.41) is 3.46. The van der Waals surface area contributed by atoms with E-state index in [1.165, 1.54) is 18.2 Å². The number of methoxy groups -OCH3 is 1. The Morgan fingerprint density at radius 1 is 1.44 bits per heavy atom. The molecule has 0 saturated carbocycles. The van der Waals surface area contributed by atoms with Gasteiger partial charge in [0.05, 0.1) is 12.5 Å². The minimum absolute atomic E-state index is 0.179. The number of hydrogen-bond donors (Lipinski definition) is 1. The molecule has 2 atom stereocenters. The zero-order chi connectivity index (χ0) is 11.5. The third-order valence-electron chi connectivity index (χ3n) is 2.65. The van der Waals surface area contributed by atoms with E-state index in [0.29, 0.717) is 0 Å². The van der Waals surface area contributed by atoms with Gasteiger partial charge in [0.25, 0.3) is 0 Å². The number of ether oxygens (including phenoxy) is 1. The van der Waals surface area contributed by atoms with E-state index in [4.69, 9.17) is 4.74 Å². The van der Waals surface area contributed by atoms with Crippen molar-refractivity contribution in [2.75, 3.05) is 12.9 Å². The first-order chi connectivity index (χ1) is 7.70. The molecule has 3 nitrogen and oxygen atoms in total. The largest absolute Gasteiger partial charge is 0.468 e. The lowest BCUT2D eigenvalue weighted by Gasteiger charge is -2.12. The van der Waals surface area contributed by atoms with Gasteiger partial charge >= 0.3 is 5.97 Å². The van der Waals surface area contributed by atoms with Crippen LogP contribution in [0.3, 0.4) is 0 Å². The van der Waals surface area contributed by atoms with Crippen molar-refractivity contribution in [1.29, 1.82) is 0 Å². The van der Waals surface area contributed by atoms with Crippen LogP contribution in [0.25, 0.3) is 0 Å². The summed E-state index contributed by atoms with van der Waals surface area (Å²) in [6, 6.07) is 8.19. The van der Waals surface area contributed by atoms with Crippen LogP contribution >= 0.6 is 11.8 Å². The van der Waals surface area contributed by atoms with Crippen molar-refractivity contribution < 1.29 is 9.53 Å². The smallest absolute Gasteiger partial charge is 0.323 e. The topological polar surface area (TPSA) is 38.3 Å². The fourth-order valence-electron chi connectivity index (χ4n) is 1.68. The summed E-state index contributed by atoms with van der Waals surface area (Å²) in [7, 11) is 1.42. The van der Waals surface area contributed by atoms with Gasteiger partial charge in [-0.25, -0.2) is 0 Å². The Kier molecular flexibility index (Phi) is 3.51. The Hall–Kier alpha value is -1.00. The molecule has 1 heterocycles. The molecule has 86 valence electrons. The molecule has 0 aromatic heterocycles. The van der Waals surface area contributed by atoms with Gasteiger partial charge in [-0.1, -0.05) is 29.8 Å². The van der Waals surface area contributed by atoms with Gasteiger partial charge < -0.3 is 4.74 Å². The van der Waals surface area contributed by atoms with Gasteiger partial charge in [0.2, 0.25) is 0 Å². The van der Waals surface area contributed by atoms with Crippen molar-refractivity contribution in [3.05, 3.63) is 35.4 Å². The second-order valence-corrected chi connectivity index (χ2v) is 5.00. The van der Waals surface area contributed by atoms with E-state index in [2.05, 4.69) is 36.5 Å². The van der Waals surface area contributed by atoms with Gasteiger partial charge in [0.1, 0.15) is 6.04 Å². The highest BCUT2D eigenvalue weighted by Gasteiger charge is 2.30. The number of carbonyl (C=O) groups excluding carboxylic acids is 1. The van der Waals surface area contributed by atoms with Crippen LogP contribution in [-0.4, -0.2) is 24.9 Å². The average Bonchev–Trinajstić information content (AvgIpc) is 2.78. The van der Waals surface area contributed by atoms with E-state index in [-0.39, 0.29) is 17.4 Å². The highest BCUT2D eigenvalue weighted by atomic mass is 32.2. The number of esters is 1. The minimum atomic E-state index is -0.179. The van der Waals surface area contributed by atoms with Crippen molar-refractivity contribution in [3.8, 4) is 0 Å². The highest BCUT2D eigenvalue weighted by Crippen LogP contribution is 2.32. The number of aryl methyl sites for hydroxylation is 1. The number of thioether (sulfide) groups is 1. The average molecular weight is 237 g/mol. The molecule has 0 spiro atoms. The molecule has 0 radical (unpaired) electrons. The zero-order valence-corrected chi connectivity index (χ0v) is 10.2. The van der Waals surface area contributed by atoms with Gasteiger partial charge in [-0.2, -0.15) is 0 Å². The lowest BCUT2D eigenvalue weighted by molar-refractivity contribution is -0.142. The lowest BCUT2D eigenvalue weighted by Crippen LogP contribution is -2.34. The molecule has 1 fully saturated rings. The van der Waals surface area contributed by atoms with Crippen molar-refractivity contribution in [2.45, 2.75) is 18.3 Å². The molecule has 0 bridgehead atoms. The summed E-state index contributed by atoms with van der Waals surface area (Å²) in [6.45, 7) is 2.07. The number of benzene rings is 1. The van der Waals surface area contributed by atoms with Crippen molar-refractivity contribution in [2.24, 2.45) is 0 Å². The number of nitrogens with one attached hydrogen (secondary N) is 1. The van der Waals surface area contributed by atoms with E-state index >= 15 is 0 Å². The van der Waals surface area contributed by atoms with Gasteiger partial charge in [-0.3, -0.25) is 10.1 Å². The third kappa shape index (κ3) is 2.39. The first-order valence-corrected chi connectivity index (χ1v) is 6.27. The van der Waals surface area contributed by atoms with E-state index in [0.717, 1.165) is 5.75 Å². The Labute approximate surface area is 99.6 Å². The Balaban J connectivity index is 2.03. The number of carbonyl (C=O) groups is 1. The quantitative estimate of drug-likeness (QED) is 0.797. The number of rotatable bonds is 2. The van der Waals surface area contributed by atoms with Crippen LogP contribution in [0.2, 0.25) is 0 Å². The molecule has 1 aromatic rings. The van der Waals surface area contributed by atoms with E-state index < -0.39 is 0 Å². The maximum absolute atomic E-state index is 11.3. The van der Waals surface area contributed by atoms with E-state index in [1.54, 1.807) is 11.8 Å². The SMILES string of the molecule is COC(=O)C1CSC(c2ccc(C)cc2)N1. The van der Waals surface area contributed by atoms with E-state index in [1.807, 2.05) is 0 Å². The first-order valence-electron chi connectivity index (χ1n) is 5.23. The summed E-state index contributed by atoms with van der Waals surface area (Å²) in [5.41, 5.74) is 2.46. The maximum Gasteiger partial charge on any atom is 0.323 e. The van der Waals surface area contributed by atoms with Crippen LogP contribution in [0, 0.1) is 6.92 Å². The molecule has 1 aromatic carbocycles. The van der Waals surface area contributed by atoms with Gasteiger partial charge in [0.15, 0.2) is 0 Å². The van der Waals surface area contributed by atoms with Crippen LogP contribution < -0.4 is 5.32 Å². The van der Waals surface area contributed by atoms with Gasteiger partial charge in [-0.15, -0.1) is 11.8 Å². The maximum atomic E-state index is 11.3. The van der Waals surface area contributed by atoms with Gasteiger partial charge in [0, 0.05) is 5.75 Å². The monoisotopic (exact) mass is 237 g/mol. The Morgan fingerprint density at radius 3 is 2.75 bits per heavy atom. The molecule has 1 aliphatic rings. The fraction of sp³-hybridized carbons (Fsp3) is 0.417. The molecule has 0 aliphatic carbocycles. The van der Waals surface area contributed by atoms with Crippen LogP contribution in [0.1, 0.15) is 16.5 Å². The molecular formula is C12H15NO2S. The summed E-state index contributed by atoms with van der Waals surface area (Å²) >= 11 is 1.74. The van der Waals surface area contributed by atoms with Crippen LogP contribution in [0.4, 0.5) is 0 Å². The van der Waals surface area contributed by atoms with Crippen LogP contribution in [-0.2, 0) is 9.53 Å². The Bertz CT molecular complexity index is 377. The minimum Gasteiger partial charge on any atom is -0.468 e. The van der Waals surface area contributed by atoms with Gasteiger partial charge in [-0.05, 0) is 12.5 Å². The Morgan fingerprint density at radius 2 is 2.12 bits per heavy atom. The summed E-state index contributed by atoms with van der Waals surface area (Å²) < 4.78 is 4.72. The molecule has 1 aliphatic heterocycles. The zero-order valence-electron chi connectivity index (χ0n) is 9.40. The molecule has 16 heavy (non-hydrogen) atoms. The highest BCUT2D eigenvalue weighted by molar-refractivity contribution is 7.99. The first kappa shape index (κ1) is 11.5. The molecule has 2 unspecified atom stereocenters. The second kappa shape index (κ2) is 4.89. The van der Waals surface area contributed by atoms with Crippen LogP contribution in [0.5, 0.6) is 0 Å². The molecule has 0 amide bonds. The predicted octanol–water partition coefficient (Wildman–Crippen LogP) is 1.87. The standard InChI is InChI=1S/C12H15NO2S/c1-8-3-5-9(6-4-8)11-13-10(7-16-11)12(14)15-2/h3-6,10-11,13H,7H2,1-2H3.